The van der Waals surface area contributed by atoms with E-state index in [4.69, 9.17) is 4.74 Å². The average Bonchev–Trinajstić information content (AvgIpc) is 3.07. The third-order valence-corrected chi connectivity index (χ3v) is 4.21. The summed E-state index contributed by atoms with van der Waals surface area (Å²) in [5.74, 6) is -0.746. The average molecular weight is 351 g/mol. The van der Waals surface area contributed by atoms with Crippen molar-refractivity contribution in [1.82, 2.24) is 9.61 Å². The van der Waals surface area contributed by atoms with Crippen LogP contribution in [0.25, 0.3) is 5.52 Å². The molecule has 1 amide bonds. The number of hydrogen-bond acceptors (Lipinski definition) is 4. The molecule has 0 fully saturated rings. The van der Waals surface area contributed by atoms with Gasteiger partial charge in [-0.15, -0.1) is 0 Å². The summed E-state index contributed by atoms with van der Waals surface area (Å²) >= 11 is 0. The number of nitrogens with one attached hydrogen (secondary N) is 1. The normalized spacial score (nSPS) is 11.9. The molecule has 134 valence electrons. The largest absolute Gasteiger partial charge is 0.462 e. The Balaban J connectivity index is 1.85. The molecule has 1 atom stereocenters. The van der Waals surface area contributed by atoms with Crippen LogP contribution in [0.3, 0.4) is 0 Å². The van der Waals surface area contributed by atoms with Gasteiger partial charge < -0.3 is 10.1 Å². The van der Waals surface area contributed by atoms with E-state index in [-0.39, 0.29) is 11.8 Å². The number of carbonyl (C=O) groups is 2. The van der Waals surface area contributed by atoms with E-state index in [9.17, 15) is 9.59 Å². The highest BCUT2D eigenvalue weighted by Crippen LogP contribution is 2.23. The Morgan fingerprint density at radius 1 is 1.19 bits per heavy atom. The van der Waals surface area contributed by atoms with Crippen LogP contribution in [0, 0.1) is 0 Å². The van der Waals surface area contributed by atoms with Gasteiger partial charge >= 0.3 is 5.97 Å². The van der Waals surface area contributed by atoms with Crippen molar-refractivity contribution in [2.75, 3.05) is 11.9 Å². The smallest absolute Gasteiger partial charge is 0.341 e. The van der Waals surface area contributed by atoms with Crippen molar-refractivity contribution in [3.63, 3.8) is 0 Å². The zero-order valence-electron chi connectivity index (χ0n) is 14.8. The molecule has 0 saturated carbocycles. The van der Waals surface area contributed by atoms with E-state index in [1.165, 1.54) is 6.20 Å². The standard InChI is InChI=1S/C20H21N3O3/c1-3-16(14-8-6-5-7-9-14)19(24)22-15-10-11-23-18(12-15)17(13-21-23)20(25)26-4-2/h5-13,16H,3-4H2,1-2H3,(H,22,24). The Hall–Kier alpha value is -3.15. The summed E-state index contributed by atoms with van der Waals surface area (Å²) in [6.45, 7) is 4.03. The molecule has 0 aliphatic heterocycles. The number of rotatable bonds is 6. The summed E-state index contributed by atoms with van der Waals surface area (Å²) in [4.78, 5) is 24.7. The first-order valence-electron chi connectivity index (χ1n) is 8.64. The van der Waals surface area contributed by atoms with Crippen LogP contribution in [0.15, 0.2) is 54.9 Å². The van der Waals surface area contributed by atoms with Crippen molar-refractivity contribution in [3.8, 4) is 0 Å². The minimum absolute atomic E-state index is 0.0831. The van der Waals surface area contributed by atoms with Gasteiger partial charge in [0, 0.05) is 11.9 Å². The predicted octanol–water partition coefficient (Wildman–Crippen LogP) is 3.64. The number of nitrogens with zero attached hydrogens (tertiary/aromatic N) is 2. The Bertz CT molecular complexity index is 918. The van der Waals surface area contributed by atoms with Crippen molar-refractivity contribution >= 4 is 23.1 Å². The number of anilines is 1. The van der Waals surface area contributed by atoms with E-state index in [0.717, 1.165) is 5.56 Å². The molecule has 0 bridgehead atoms. The fourth-order valence-corrected chi connectivity index (χ4v) is 2.91. The number of hydrogen-bond donors (Lipinski definition) is 1. The fraction of sp³-hybridized carbons (Fsp3) is 0.250. The van der Waals surface area contributed by atoms with Crippen LogP contribution in [0.5, 0.6) is 0 Å². The van der Waals surface area contributed by atoms with Crippen molar-refractivity contribution in [3.05, 3.63) is 66.0 Å². The number of amides is 1. The van der Waals surface area contributed by atoms with E-state index in [1.54, 1.807) is 29.8 Å². The molecular formula is C20H21N3O3. The second-order valence-electron chi connectivity index (χ2n) is 5.88. The first-order valence-corrected chi connectivity index (χ1v) is 8.64. The number of pyridine rings is 1. The minimum Gasteiger partial charge on any atom is -0.462 e. The van der Waals surface area contributed by atoms with Gasteiger partial charge in [-0.1, -0.05) is 37.3 Å². The highest BCUT2D eigenvalue weighted by molar-refractivity contribution is 5.99. The Morgan fingerprint density at radius 2 is 1.96 bits per heavy atom. The Labute approximate surface area is 151 Å². The van der Waals surface area contributed by atoms with E-state index in [2.05, 4.69) is 10.4 Å². The summed E-state index contributed by atoms with van der Waals surface area (Å²) < 4.78 is 6.63. The van der Waals surface area contributed by atoms with E-state index in [0.29, 0.717) is 29.8 Å². The van der Waals surface area contributed by atoms with Crippen LogP contribution < -0.4 is 5.32 Å². The zero-order chi connectivity index (χ0) is 18.5. The number of carbonyl (C=O) groups excluding carboxylic acids is 2. The molecule has 3 aromatic rings. The molecule has 0 saturated heterocycles. The van der Waals surface area contributed by atoms with Gasteiger partial charge in [-0.05, 0) is 31.0 Å². The topological polar surface area (TPSA) is 72.7 Å². The predicted molar refractivity (Wildman–Crippen MR) is 99.3 cm³/mol. The summed E-state index contributed by atoms with van der Waals surface area (Å²) in [6, 6.07) is 13.2. The second kappa shape index (κ2) is 7.82. The molecule has 0 aliphatic rings. The lowest BCUT2D eigenvalue weighted by Gasteiger charge is -2.15. The van der Waals surface area contributed by atoms with Gasteiger partial charge in [-0.2, -0.15) is 5.10 Å². The third kappa shape index (κ3) is 3.59. The lowest BCUT2D eigenvalue weighted by Crippen LogP contribution is -2.20. The highest BCUT2D eigenvalue weighted by Gasteiger charge is 2.19. The Morgan fingerprint density at radius 3 is 2.65 bits per heavy atom. The van der Waals surface area contributed by atoms with Crippen molar-refractivity contribution in [2.24, 2.45) is 0 Å². The number of aromatic nitrogens is 2. The first-order chi connectivity index (χ1) is 12.6. The molecule has 3 rings (SSSR count). The van der Waals surface area contributed by atoms with Gasteiger partial charge in [-0.25, -0.2) is 9.31 Å². The van der Waals surface area contributed by atoms with E-state index in [1.807, 2.05) is 37.3 Å². The molecule has 6 nitrogen and oxygen atoms in total. The van der Waals surface area contributed by atoms with Crippen LogP contribution in [-0.4, -0.2) is 28.1 Å². The maximum atomic E-state index is 12.7. The van der Waals surface area contributed by atoms with Crippen LogP contribution in [0.2, 0.25) is 0 Å². The van der Waals surface area contributed by atoms with Gasteiger partial charge in [-0.3, -0.25) is 4.79 Å². The SMILES string of the molecule is CCOC(=O)c1cnn2ccc(NC(=O)C(CC)c3ccccc3)cc12. The van der Waals surface area contributed by atoms with Crippen molar-refractivity contribution in [1.29, 1.82) is 0 Å². The zero-order valence-corrected chi connectivity index (χ0v) is 14.8. The van der Waals surface area contributed by atoms with Gasteiger partial charge in [0.05, 0.1) is 24.2 Å². The number of esters is 1. The van der Waals surface area contributed by atoms with Crippen molar-refractivity contribution in [2.45, 2.75) is 26.2 Å². The summed E-state index contributed by atoms with van der Waals surface area (Å²) in [6.07, 6.45) is 3.87. The molecule has 2 heterocycles. The molecular weight excluding hydrogens is 330 g/mol. The molecule has 1 N–H and O–H groups in total. The number of ether oxygens (including phenoxy) is 1. The van der Waals surface area contributed by atoms with Gasteiger partial charge in [0.2, 0.25) is 5.91 Å². The lowest BCUT2D eigenvalue weighted by atomic mass is 9.95. The second-order valence-corrected chi connectivity index (χ2v) is 5.88. The number of benzene rings is 1. The van der Waals surface area contributed by atoms with Crippen molar-refractivity contribution < 1.29 is 14.3 Å². The maximum absolute atomic E-state index is 12.7. The molecule has 2 aromatic heterocycles. The number of fused-ring (bicyclic) bond motifs is 1. The first kappa shape index (κ1) is 17.7. The van der Waals surface area contributed by atoms with Crippen LogP contribution in [0.1, 0.15) is 42.1 Å². The van der Waals surface area contributed by atoms with Crippen LogP contribution in [-0.2, 0) is 9.53 Å². The molecule has 0 aliphatic carbocycles. The summed E-state index contributed by atoms with van der Waals surface area (Å²) in [5, 5.41) is 7.08. The maximum Gasteiger partial charge on any atom is 0.341 e. The Kier molecular flexibility index (Phi) is 5.31. The molecule has 1 unspecified atom stereocenters. The van der Waals surface area contributed by atoms with Gasteiger partial charge in [0.15, 0.2) is 0 Å². The quantitative estimate of drug-likeness (QED) is 0.688. The van der Waals surface area contributed by atoms with Crippen LogP contribution >= 0.6 is 0 Å². The van der Waals surface area contributed by atoms with Crippen LogP contribution in [0.4, 0.5) is 5.69 Å². The van der Waals surface area contributed by atoms with E-state index >= 15 is 0 Å². The lowest BCUT2D eigenvalue weighted by molar-refractivity contribution is -0.117. The van der Waals surface area contributed by atoms with Gasteiger partial charge in [0.25, 0.3) is 0 Å². The monoisotopic (exact) mass is 351 g/mol. The fourth-order valence-electron chi connectivity index (χ4n) is 2.91. The molecule has 0 spiro atoms. The summed E-state index contributed by atoms with van der Waals surface area (Å²) in [5.41, 5.74) is 2.56. The van der Waals surface area contributed by atoms with Gasteiger partial charge in [0.1, 0.15) is 5.56 Å². The third-order valence-electron chi connectivity index (χ3n) is 4.21. The molecule has 1 aromatic carbocycles. The summed E-state index contributed by atoms with van der Waals surface area (Å²) in [7, 11) is 0. The molecule has 26 heavy (non-hydrogen) atoms. The molecule has 0 radical (unpaired) electrons. The highest BCUT2D eigenvalue weighted by atomic mass is 16.5. The molecule has 6 heteroatoms. The van der Waals surface area contributed by atoms with E-state index < -0.39 is 5.97 Å². The minimum atomic E-state index is -0.429.